The highest BCUT2D eigenvalue weighted by atomic mass is 32.2. The summed E-state index contributed by atoms with van der Waals surface area (Å²) < 4.78 is 65.9. The Kier molecular flexibility index (Phi) is 7.20. The Morgan fingerprint density at radius 1 is 0.971 bits per heavy atom. The Morgan fingerprint density at radius 3 is 2.21 bits per heavy atom. The first kappa shape index (κ1) is 24.7. The molecule has 3 aromatic rings. The minimum atomic E-state index is -4.55. The van der Waals surface area contributed by atoms with Crippen molar-refractivity contribution >= 4 is 27.3 Å². The maximum absolute atomic E-state index is 13.2. The van der Waals surface area contributed by atoms with E-state index in [9.17, 15) is 36.5 Å². The predicted octanol–water partition coefficient (Wildman–Crippen LogP) is 4.13. The summed E-state index contributed by atoms with van der Waals surface area (Å²) in [5.41, 5.74) is -0.965. The van der Waals surface area contributed by atoms with E-state index in [0.717, 1.165) is 28.6 Å². The van der Waals surface area contributed by atoms with Crippen molar-refractivity contribution in [3.8, 4) is 0 Å². The number of non-ortho nitro benzene ring substituents is 1. The summed E-state index contributed by atoms with van der Waals surface area (Å²) in [6, 6.07) is 16.2. The van der Waals surface area contributed by atoms with Crippen LogP contribution in [0.15, 0.2) is 83.8 Å². The number of nitro benzene ring substituents is 1. The number of carbonyl (C=O) groups is 1. The van der Waals surface area contributed by atoms with Gasteiger partial charge in [-0.2, -0.15) is 13.2 Å². The number of hydrogen-bond acceptors (Lipinski definition) is 5. The number of carbonyl (C=O) groups excluding carboxylic acids is 1. The van der Waals surface area contributed by atoms with E-state index in [1.54, 1.807) is 6.07 Å². The number of hydrogen-bond donors (Lipinski definition) is 1. The molecule has 0 saturated heterocycles. The summed E-state index contributed by atoms with van der Waals surface area (Å²) in [5, 5.41) is 13.3. The molecule has 8 nitrogen and oxygen atoms in total. The molecule has 0 aromatic heterocycles. The molecular formula is C22H18F3N3O5S. The Balaban J connectivity index is 1.84. The highest BCUT2D eigenvalue weighted by molar-refractivity contribution is 7.92. The van der Waals surface area contributed by atoms with Gasteiger partial charge in [-0.05, 0) is 42.0 Å². The van der Waals surface area contributed by atoms with Crippen LogP contribution in [0.5, 0.6) is 0 Å². The zero-order chi connectivity index (χ0) is 24.9. The van der Waals surface area contributed by atoms with Gasteiger partial charge in [0.2, 0.25) is 5.91 Å². The minimum Gasteiger partial charge on any atom is -0.350 e. The fourth-order valence-corrected chi connectivity index (χ4v) is 4.46. The number of benzene rings is 3. The SMILES string of the molecule is O=C(CN(c1ccc([N+](=O)[O-])cc1)S(=O)(=O)c1ccccc1)NCc1cccc(C(F)(F)F)c1. The lowest BCUT2D eigenvalue weighted by atomic mass is 10.1. The van der Waals surface area contributed by atoms with Crippen molar-refractivity contribution in [2.45, 2.75) is 17.6 Å². The molecule has 3 aromatic carbocycles. The highest BCUT2D eigenvalue weighted by Gasteiger charge is 2.30. The second-order valence-corrected chi connectivity index (χ2v) is 8.94. The smallest absolute Gasteiger partial charge is 0.350 e. The second kappa shape index (κ2) is 9.91. The molecule has 12 heteroatoms. The molecule has 0 bridgehead atoms. The number of nitro groups is 1. The zero-order valence-corrected chi connectivity index (χ0v) is 18.2. The number of nitrogens with zero attached hydrogens (tertiary/aromatic N) is 2. The van der Waals surface area contributed by atoms with E-state index in [1.165, 1.54) is 48.5 Å². The second-order valence-electron chi connectivity index (χ2n) is 7.07. The Morgan fingerprint density at radius 2 is 1.62 bits per heavy atom. The average Bonchev–Trinajstić information content (AvgIpc) is 2.81. The van der Waals surface area contributed by atoms with Gasteiger partial charge in [-0.3, -0.25) is 19.2 Å². The van der Waals surface area contributed by atoms with E-state index in [2.05, 4.69) is 5.32 Å². The molecule has 0 aliphatic rings. The van der Waals surface area contributed by atoms with Crippen molar-refractivity contribution < 1.29 is 31.3 Å². The van der Waals surface area contributed by atoms with Gasteiger partial charge in [-0.15, -0.1) is 0 Å². The molecule has 178 valence electrons. The van der Waals surface area contributed by atoms with Crippen LogP contribution in [0.1, 0.15) is 11.1 Å². The average molecular weight is 493 g/mol. The number of amides is 1. The molecule has 0 fully saturated rings. The molecule has 0 aliphatic heterocycles. The first-order valence-electron chi connectivity index (χ1n) is 9.73. The van der Waals surface area contributed by atoms with Gasteiger partial charge in [0, 0.05) is 18.7 Å². The van der Waals surface area contributed by atoms with Gasteiger partial charge in [-0.1, -0.05) is 30.3 Å². The molecule has 0 radical (unpaired) electrons. The minimum absolute atomic E-state index is 0.00340. The normalized spacial score (nSPS) is 11.6. The third kappa shape index (κ3) is 5.90. The molecule has 34 heavy (non-hydrogen) atoms. The zero-order valence-electron chi connectivity index (χ0n) is 17.4. The van der Waals surface area contributed by atoms with Crippen molar-refractivity contribution in [2.24, 2.45) is 0 Å². The van der Waals surface area contributed by atoms with E-state index in [1.807, 2.05) is 0 Å². The number of sulfonamides is 1. The fourth-order valence-electron chi connectivity index (χ4n) is 3.02. The van der Waals surface area contributed by atoms with Crippen LogP contribution in [0.3, 0.4) is 0 Å². The maximum atomic E-state index is 13.2. The predicted molar refractivity (Wildman–Crippen MR) is 117 cm³/mol. The third-order valence-electron chi connectivity index (χ3n) is 4.71. The molecule has 0 atom stereocenters. The summed E-state index contributed by atoms with van der Waals surface area (Å²) in [6.07, 6.45) is -4.55. The van der Waals surface area contributed by atoms with Crippen molar-refractivity contribution in [3.05, 3.63) is 100 Å². The first-order valence-corrected chi connectivity index (χ1v) is 11.2. The molecule has 0 heterocycles. The number of halogens is 3. The summed E-state index contributed by atoms with van der Waals surface area (Å²) in [6.45, 7) is -0.962. The standard InChI is InChI=1S/C22H18F3N3O5S/c23-22(24,25)17-6-4-5-16(13-17)14-26-21(29)15-27(18-9-11-19(12-10-18)28(30)31)34(32,33)20-7-2-1-3-8-20/h1-13H,14-15H2,(H,26,29). The molecule has 0 spiro atoms. The number of alkyl halides is 3. The van der Waals surface area contributed by atoms with Crippen molar-refractivity contribution in [2.75, 3.05) is 10.8 Å². The molecule has 0 saturated carbocycles. The Hall–Kier alpha value is -3.93. The third-order valence-corrected chi connectivity index (χ3v) is 6.50. The lowest BCUT2D eigenvalue weighted by Gasteiger charge is -2.24. The number of anilines is 1. The van der Waals surface area contributed by atoms with Crippen LogP contribution in [0, 0.1) is 10.1 Å². The monoisotopic (exact) mass is 493 g/mol. The van der Waals surface area contributed by atoms with E-state index in [4.69, 9.17) is 0 Å². The van der Waals surface area contributed by atoms with Crippen molar-refractivity contribution in [1.29, 1.82) is 0 Å². The largest absolute Gasteiger partial charge is 0.416 e. The summed E-state index contributed by atoms with van der Waals surface area (Å²) in [7, 11) is -4.24. The van der Waals surface area contributed by atoms with Crippen molar-refractivity contribution in [1.82, 2.24) is 5.32 Å². The lowest BCUT2D eigenvalue weighted by molar-refractivity contribution is -0.384. The Bertz CT molecular complexity index is 1280. The summed E-state index contributed by atoms with van der Waals surface area (Å²) in [5.74, 6) is -0.782. The van der Waals surface area contributed by atoms with E-state index in [0.29, 0.717) is 0 Å². The van der Waals surface area contributed by atoms with E-state index >= 15 is 0 Å². The topological polar surface area (TPSA) is 110 Å². The van der Waals surface area contributed by atoms with Crippen LogP contribution < -0.4 is 9.62 Å². The van der Waals surface area contributed by atoms with Crippen LogP contribution in [0.25, 0.3) is 0 Å². The molecule has 1 amide bonds. The number of nitrogens with one attached hydrogen (secondary N) is 1. The number of rotatable bonds is 8. The highest BCUT2D eigenvalue weighted by Crippen LogP contribution is 2.29. The van der Waals surface area contributed by atoms with Gasteiger partial charge in [0.15, 0.2) is 0 Å². The molecule has 1 N–H and O–H groups in total. The fraction of sp³-hybridized carbons (Fsp3) is 0.136. The summed E-state index contributed by atoms with van der Waals surface area (Å²) >= 11 is 0. The van der Waals surface area contributed by atoms with Crippen LogP contribution in [0.4, 0.5) is 24.5 Å². The quantitative estimate of drug-likeness (QED) is 0.375. The van der Waals surface area contributed by atoms with Crippen LogP contribution in [-0.4, -0.2) is 25.8 Å². The van der Waals surface area contributed by atoms with E-state index < -0.39 is 39.1 Å². The maximum Gasteiger partial charge on any atom is 0.416 e. The molecule has 0 aliphatic carbocycles. The van der Waals surface area contributed by atoms with Crippen LogP contribution in [-0.2, 0) is 27.5 Å². The van der Waals surface area contributed by atoms with Gasteiger partial charge in [0.05, 0.1) is 21.1 Å². The van der Waals surface area contributed by atoms with Gasteiger partial charge in [0.25, 0.3) is 15.7 Å². The van der Waals surface area contributed by atoms with E-state index in [-0.39, 0.29) is 28.4 Å². The van der Waals surface area contributed by atoms with Crippen molar-refractivity contribution in [3.63, 3.8) is 0 Å². The first-order chi connectivity index (χ1) is 16.0. The lowest BCUT2D eigenvalue weighted by Crippen LogP contribution is -2.40. The van der Waals surface area contributed by atoms with Crippen LogP contribution >= 0.6 is 0 Å². The molecular weight excluding hydrogens is 475 g/mol. The Labute approximate surface area is 192 Å². The van der Waals surface area contributed by atoms with Gasteiger partial charge < -0.3 is 5.32 Å². The van der Waals surface area contributed by atoms with Gasteiger partial charge >= 0.3 is 6.18 Å². The summed E-state index contributed by atoms with van der Waals surface area (Å²) in [4.78, 5) is 22.7. The van der Waals surface area contributed by atoms with Crippen LogP contribution in [0.2, 0.25) is 0 Å². The molecule has 3 rings (SSSR count). The molecule has 0 unspecified atom stereocenters. The van der Waals surface area contributed by atoms with Gasteiger partial charge in [0.1, 0.15) is 6.54 Å². The van der Waals surface area contributed by atoms with Gasteiger partial charge in [-0.25, -0.2) is 8.42 Å².